The summed E-state index contributed by atoms with van der Waals surface area (Å²) in [5.41, 5.74) is 0.654. The third-order valence-corrected chi connectivity index (χ3v) is 4.74. The molecule has 0 spiro atoms. The van der Waals surface area contributed by atoms with E-state index in [9.17, 15) is 13.6 Å². The molecule has 0 aliphatic rings. The highest BCUT2D eigenvalue weighted by atomic mass is 32.2. The summed E-state index contributed by atoms with van der Waals surface area (Å²) < 4.78 is 33.6. The number of hydrogen-bond acceptors (Lipinski definition) is 5. The number of rotatable bonds is 6. The van der Waals surface area contributed by atoms with Crippen molar-refractivity contribution in [3.8, 4) is 17.1 Å². The molecule has 6 nitrogen and oxygen atoms in total. The standard InChI is InChI=1S/C18H16F2N4O2S/c1-24-17(11-3-6-13(26-2)7-4-11)22-23-18(24)27-10-16(25)21-15-9-12(19)5-8-14(15)20/h3-9H,10H2,1-2H3,(H,21,25). The Morgan fingerprint density at radius 2 is 1.93 bits per heavy atom. The number of carbonyl (C=O) groups excluding carboxylic acids is 1. The summed E-state index contributed by atoms with van der Waals surface area (Å²) in [6.45, 7) is 0. The number of benzene rings is 2. The molecule has 140 valence electrons. The van der Waals surface area contributed by atoms with Crippen LogP contribution in [0.2, 0.25) is 0 Å². The van der Waals surface area contributed by atoms with Gasteiger partial charge < -0.3 is 14.6 Å². The molecule has 0 aliphatic heterocycles. The number of nitrogens with zero attached hydrogens (tertiary/aromatic N) is 3. The number of methoxy groups -OCH3 is 1. The molecule has 1 aromatic heterocycles. The Balaban J connectivity index is 1.65. The molecule has 0 unspecified atom stereocenters. The molecular weight excluding hydrogens is 374 g/mol. The molecule has 0 saturated carbocycles. The van der Waals surface area contributed by atoms with Gasteiger partial charge in [-0.3, -0.25) is 4.79 Å². The average Bonchev–Trinajstić information content (AvgIpc) is 3.03. The maximum absolute atomic E-state index is 13.6. The topological polar surface area (TPSA) is 69.0 Å². The third kappa shape index (κ3) is 4.43. The normalized spacial score (nSPS) is 10.7. The van der Waals surface area contributed by atoms with Gasteiger partial charge in [-0.15, -0.1) is 10.2 Å². The van der Waals surface area contributed by atoms with Crippen LogP contribution in [0.4, 0.5) is 14.5 Å². The van der Waals surface area contributed by atoms with Gasteiger partial charge in [0.05, 0.1) is 18.6 Å². The lowest BCUT2D eigenvalue weighted by atomic mass is 10.2. The van der Waals surface area contributed by atoms with E-state index >= 15 is 0 Å². The first-order chi connectivity index (χ1) is 13.0. The van der Waals surface area contributed by atoms with Crippen molar-refractivity contribution in [2.75, 3.05) is 18.2 Å². The minimum Gasteiger partial charge on any atom is -0.497 e. The summed E-state index contributed by atoms with van der Waals surface area (Å²) in [5.74, 6) is -0.455. The van der Waals surface area contributed by atoms with E-state index in [0.717, 1.165) is 41.3 Å². The van der Waals surface area contributed by atoms with Crippen molar-refractivity contribution in [1.82, 2.24) is 14.8 Å². The highest BCUT2D eigenvalue weighted by Gasteiger charge is 2.14. The van der Waals surface area contributed by atoms with Crippen molar-refractivity contribution < 1.29 is 18.3 Å². The zero-order valence-electron chi connectivity index (χ0n) is 14.6. The molecular formula is C18H16F2N4O2S. The second-order valence-electron chi connectivity index (χ2n) is 5.55. The molecule has 0 fully saturated rings. The molecule has 9 heteroatoms. The van der Waals surface area contributed by atoms with Gasteiger partial charge in [-0.1, -0.05) is 11.8 Å². The maximum atomic E-state index is 13.6. The molecule has 1 amide bonds. The van der Waals surface area contributed by atoms with Gasteiger partial charge in [0.25, 0.3) is 0 Å². The number of hydrogen-bond donors (Lipinski definition) is 1. The van der Waals surface area contributed by atoms with E-state index in [1.165, 1.54) is 0 Å². The summed E-state index contributed by atoms with van der Waals surface area (Å²) in [6, 6.07) is 10.2. The van der Waals surface area contributed by atoms with Crippen molar-refractivity contribution in [3.05, 3.63) is 54.1 Å². The van der Waals surface area contributed by atoms with Crippen LogP contribution in [0, 0.1) is 11.6 Å². The molecule has 0 saturated heterocycles. The number of nitrogens with one attached hydrogen (secondary N) is 1. The smallest absolute Gasteiger partial charge is 0.234 e. The lowest BCUT2D eigenvalue weighted by molar-refractivity contribution is -0.113. The Labute approximate surface area is 158 Å². The zero-order valence-corrected chi connectivity index (χ0v) is 15.4. The van der Waals surface area contributed by atoms with E-state index in [-0.39, 0.29) is 11.4 Å². The van der Waals surface area contributed by atoms with Crippen LogP contribution in [0.15, 0.2) is 47.6 Å². The van der Waals surface area contributed by atoms with Crippen LogP contribution >= 0.6 is 11.8 Å². The molecule has 27 heavy (non-hydrogen) atoms. The number of thioether (sulfide) groups is 1. The zero-order chi connectivity index (χ0) is 19.4. The van der Waals surface area contributed by atoms with E-state index in [1.807, 2.05) is 24.3 Å². The third-order valence-electron chi connectivity index (χ3n) is 3.72. The van der Waals surface area contributed by atoms with Gasteiger partial charge in [-0.2, -0.15) is 0 Å². The van der Waals surface area contributed by atoms with E-state index in [4.69, 9.17) is 4.74 Å². The second kappa shape index (κ2) is 8.17. The van der Waals surface area contributed by atoms with Gasteiger partial charge in [0, 0.05) is 18.7 Å². The first-order valence-corrected chi connectivity index (χ1v) is 8.88. The monoisotopic (exact) mass is 390 g/mol. The van der Waals surface area contributed by atoms with E-state index in [1.54, 1.807) is 18.7 Å². The molecule has 0 radical (unpaired) electrons. The summed E-state index contributed by atoms with van der Waals surface area (Å²) >= 11 is 1.14. The lowest BCUT2D eigenvalue weighted by Crippen LogP contribution is -2.15. The minimum atomic E-state index is -0.699. The second-order valence-corrected chi connectivity index (χ2v) is 6.50. The van der Waals surface area contributed by atoms with Crippen molar-refractivity contribution in [2.45, 2.75) is 5.16 Å². The summed E-state index contributed by atoms with van der Waals surface area (Å²) in [4.78, 5) is 12.0. The highest BCUT2D eigenvalue weighted by molar-refractivity contribution is 7.99. The molecule has 0 atom stereocenters. The molecule has 3 rings (SSSR count). The van der Waals surface area contributed by atoms with Gasteiger partial charge in [0.2, 0.25) is 5.91 Å². The average molecular weight is 390 g/mol. The van der Waals surface area contributed by atoms with Gasteiger partial charge >= 0.3 is 0 Å². The Hall–Kier alpha value is -2.94. The number of carbonyl (C=O) groups is 1. The Morgan fingerprint density at radius 1 is 1.19 bits per heavy atom. The molecule has 1 heterocycles. The van der Waals surface area contributed by atoms with Crippen molar-refractivity contribution >= 4 is 23.4 Å². The quantitative estimate of drug-likeness (QED) is 0.653. The largest absolute Gasteiger partial charge is 0.497 e. The van der Waals surface area contributed by atoms with Gasteiger partial charge in [0.1, 0.15) is 17.4 Å². The van der Waals surface area contributed by atoms with Gasteiger partial charge in [-0.25, -0.2) is 8.78 Å². The number of anilines is 1. The van der Waals surface area contributed by atoms with Crippen LogP contribution in [-0.2, 0) is 11.8 Å². The molecule has 0 bridgehead atoms. The predicted octanol–water partition coefficient (Wildman–Crippen LogP) is 3.50. The van der Waals surface area contributed by atoms with Crippen molar-refractivity contribution in [2.24, 2.45) is 7.05 Å². The first-order valence-electron chi connectivity index (χ1n) is 7.89. The summed E-state index contributed by atoms with van der Waals surface area (Å²) in [5, 5.41) is 11.1. The number of amides is 1. The van der Waals surface area contributed by atoms with Crippen LogP contribution in [-0.4, -0.2) is 33.5 Å². The van der Waals surface area contributed by atoms with E-state index in [0.29, 0.717) is 11.0 Å². The predicted molar refractivity (Wildman–Crippen MR) is 98.7 cm³/mol. The van der Waals surface area contributed by atoms with E-state index in [2.05, 4.69) is 15.5 Å². The van der Waals surface area contributed by atoms with Crippen LogP contribution in [0.5, 0.6) is 5.75 Å². The number of ether oxygens (including phenoxy) is 1. The van der Waals surface area contributed by atoms with Crippen LogP contribution in [0.3, 0.4) is 0 Å². The summed E-state index contributed by atoms with van der Waals surface area (Å²) in [6.07, 6.45) is 0. The summed E-state index contributed by atoms with van der Waals surface area (Å²) in [7, 11) is 3.37. The molecule has 3 aromatic rings. The Morgan fingerprint density at radius 3 is 2.63 bits per heavy atom. The fourth-order valence-corrected chi connectivity index (χ4v) is 3.05. The van der Waals surface area contributed by atoms with E-state index < -0.39 is 17.5 Å². The Kier molecular flexibility index (Phi) is 5.70. The van der Waals surface area contributed by atoms with Gasteiger partial charge in [-0.05, 0) is 36.4 Å². The molecule has 1 N–H and O–H groups in total. The Bertz CT molecular complexity index is 960. The number of halogens is 2. The fraction of sp³-hybridized carbons (Fsp3) is 0.167. The van der Waals surface area contributed by atoms with Crippen LogP contribution in [0.25, 0.3) is 11.4 Å². The maximum Gasteiger partial charge on any atom is 0.234 e. The van der Waals surface area contributed by atoms with Crippen LogP contribution < -0.4 is 10.1 Å². The fourth-order valence-electron chi connectivity index (χ4n) is 2.34. The van der Waals surface area contributed by atoms with Gasteiger partial charge in [0.15, 0.2) is 11.0 Å². The van der Waals surface area contributed by atoms with Crippen molar-refractivity contribution in [3.63, 3.8) is 0 Å². The highest BCUT2D eigenvalue weighted by Crippen LogP contribution is 2.24. The van der Waals surface area contributed by atoms with Crippen LogP contribution in [0.1, 0.15) is 0 Å². The SMILES string of the molecule is COc1ccc(-c2nnc(SCC(=O)Nc3cc(F)ccc3F)n2C)cc1. The molecule has 2 aromatic carbocycles. The number of aromatic nitrogens is 3. The minimum absolute atomic E-state index is 0.0233. The lowest BCUT2D eigenvalue weighted by Gasteiger charge is -2.07. The first kappa shape index (κ1) is 18.8. The molecule has 0 aliphatic carbocycles. The van der Waals surface area contributed by atoms with Crippen molar-refractivity contribution in [1.29, 1.82) is 0 Å².